The highest BCUT2D eigenvalue weighted by Gasteiger charge is 2.28. The quantitative estimate of drug-likeness (QED) is 0.448. The van der Waals surface area contributed by atoms with Crippen molar-refractivity contribution in [2.45, 2.75) is 34.1 Å². The minimum absolute atomic E-state index is 0.342. The van der Waals surface area contributed by atoms with Gasteiger partial charge in [-0.25, -0.2) is 0 Å². The zero-order chi connectivity index (χ0) is 7.78. The normalized spacial score (nSPS) is 27.2. The van der Waals surface area contributed by atoms with E-state index in [0.29, 0.717) is 5.41 Å². The molecular formula is C10H16. The van der Waals surface area contributed by atoms with Crippen molar-refractivity contribution in [1.29, 1.82) is 0 Å². The van der Waals surface area contributed by atoms with Crippen molar-refractivity contribution in [3.05, 3.63) is 23.3 Å². The topological polar surface area (TPSA) is 0 Å². The van der Waals surface area contributed by atoms with Crippen LogP contribution in [0.4, 0.5) is 0 Å². The molecule has 0 saturated heterocycles. The van der Waals surface area contributed by atoms with Gasteiger partial charge in [-0.2, -0.15) is 0 Å². The summed E-state index contributed by atoms with van der Waals surface area (Å²) in [5.41, 5.74) is 3.42. The smallest absolute Gasteiger partial charge is 0.00643 e. The average Bonchev–Trinajstić information content (AvgIpc) is 2.10. The lowest BCUT2D eigenvalue weighted by molar-refractivity contribution is 0.553. The second-order valence-corrected chi connectivity index (χ2v) is 3.53. The second kappa shape index (κ2) is 2.26. The highest BCUT2D eigenvalue weighted by Crippen LogP contribution is 2.41. The van der Waals surface area contributed by atoms with Crippen molar-refractivity contribution < 1.29 is 0 Å². The summed E-state index contributed by atoms with van der Waals surface area (Å²) in [5, 5.41) is 0. The third-order valence-corrected chi connectivity index (χ3v) is 2.77. The molecule has 0 heterocycles. The molecule has 1 aliphatic rings. The molecule has 0 radical (unpaired) electrons. The number of hydrogen-bond donors (Lipinski definition) is 0. The van der Waals surface area contributed by atoms with Crippen LogP contribution in [0.25, 0.3) is 0 Å². The van der Waals surface area contributed by atoms with Crippen LogP contribution in [0.15, 0.2) is 23.3 Å². The molecule has 0 aromatic carbocycles. The Labute approximate surface area is 63.6 Å². The fourth-order valence-corrected chi connectivity index (χ4v) is 1.51. The Balaban J connectivity index is 2.95. The maximum absolute atomic E-state index is 2.33. The molecule has 0 bridgehead atoms. The number of rotatable bonds is 0. The maximum atomic E-state index is 2.33. The molecule has 0 amide bonds. The zero-order valence-corrected chi connectivity index (χ0v) is 7.36. The molecule has 0 aromatic heterocycles. The molecule has 56 valence electrons. The first-order valence-corrected chi connectivity index (χ1v) is 3.92. The Kier molecular flexibility index (Phi) is 1.72. The van der Waals surface area contributed by atoms with Crippen LogP contribution in [-0.4, -0.2) is 0 Å². The number of hydrogen-bond acceptors (Lipinski definition) is 0. The lowest BCUT2D eigenvalue weighted by atomic mass is 9.82. The van der Waals surface area contributed by atoms with Gasteiger partial charge in [-0.3, -0.25) is 0 Å². The molecule has 0 unspecified atom stereocenters. The molecule has 0 nitrogen and oxygen atoms in total. The minimum atomic E-state index is 0.342. The highest BCUT2D eigenvalue weighted by molar-refractivity contribution is 5.34. The van der Waals surface area contributed by atoms with Gasteiger partial charge in [0.05, 0.1) is 0 Å². The molecule has 1 rings (SSSR count). The van der Waals surface area contributed by atoms with Crippen LogP contribution in [0.1, 0.15) is 34.1 Å². The van der Waals surface area contributed by atoms with Gasteiger partial charge in [-0.1, -0.05) is 37.1 Å². The molecule has 0 atom stereocenters. The molecule has 10 heavy (non-hydrogen) atoms. The van der Waals surface area contributed by atoms with Gasteiger partial charge in [0.1, 0.15) is 0 Å². The predicted molar refractivity (Wildman–Crippen MR) is 45.9 cm³/mol. The van der Waals surface area contributed by atoms with E-state index in [1.54, 1.807) is 5.57 Å². The Morgan fingerprint density at radius 3 is 2.30 bits per heavy atom. The molecule has 0 aromatic rings. The summed E-state index contributed by atoms with van der Waals surface area (Å²) in [4.78, 5) is 0. The van der Waals surface area contributed by atoms with E-state index in [1.807, 2.05) is 0 Å². The Morgan fingerprint density at radius 2 is 2.10 bits per heavy atom. The SMILES string of the molecule is C/C=C1\CC=C(C)C1(C)C. The average molecular weight is 136 g/mol. The van der Waals surface area contributed by atoms with Gasteiger partial charge in [0, 0.05) is 5.41 Å². The largest absolute Gasteiger partial charge is 0.0873 e. The molecule has 0 fully saturated rings. The van der Waals surface area contributed by atoms with Crippen LogP contribution in [-0.2, 0) is 0 Å². The van der Waals surface area contributed by atoms with Crippen molar-refractivity contribution in [2.24, 2.45) is 5.41 Å². The zero-order valence-electron chi connectivity index (χ0n) is 7.36. The van der Waals surface area contributed by atoms with E-state index < -0.39 is 0 Å². The van der Waals surface area contributed by atoms with Crippen molar-refractivity contribution in [2.75, 3.05) is 0 Å². The van der Waals surface area contributed by atoms with Gasteiger partial charge >= 0.3 is 0 Å². The van der Waals surface area contributed by atoms with E-state index in [9.17, 15) is 0 Å². The standard InChI is InChI=1S/C10H16/c1-5-9-7-6-8(2)10(9,3)4/h5-6H,7H2,1-4H3/b9-5+. The van der Waals surface area contributed by atoms with Crippen molar-refractivity contribution >= 4 is 0 Å². The van der Waals surface area contributed by atoms with Crippen LogP contribution in [0.5, 0.6) is 0 Å². The van der Waals surface area contributed by atoms with Crippen LogP contribution >= 0.6 is 0 Å². The van der Waals surface area contributed by atoms with E-state index in [-0.39, 0.29) is 0 Å². The molecular weight excluding hydrogens is 120 g/mol. The molecule has 0 N–H and O–H groups in total. The van der Waals surface area contributed by atoms with Gasteiger partial charge in [0.2, 0.25) is 0 Å². The van der Waals surface area contributed by atoms with Crippen LogP contribution < -0.4 is 0 Å². The molecule has 0 saturated carbocycles. The molecule has 1 aliphatic carbocycles. The third-order valence-electron chi connectivity index (χ3n) is 2.77. The van der Waals surface area contributed by atoms with Crippen molar-refractivity contribution in [3.8, 4) is 0 Å². The summed E-state index contributed by atoms with van der Waals surface area (Å²) in [6.45, 7) is 8.93. The molecule has 0 heteroatoms. The van der Waals surface area contributed by atoms with E-state index in [4.69, 9.17) is 0 Å². The van der Waals surface area contributed by atoms with Crippen LogP contribution in [0, 0.1) is 5.41 Å². The first-order chi connectivity index (χ1) is 4.59. The lowest BCUT2D eigenvalue weighted by Gasteiger charge is -2.22. The third kappa shape index (κ3) is 0.920. The highest BCUT2D eigenvalue weighted by atomic mass is 14.3. The van der Waals surface area contributed by atoms with Gasteiger partial charge < -0.3 is 0 Å². The van der Waals surface area contributed by atoms with E-state index in [2.05, 4.69) is 39.8 Å². The van der Waals surface area contributed by atoms with Crippen LogP contribution in [0.2, 0.25) is 0 Å². The monoisotopic (exact) mass is 136 g/mol. The minimum Gasteiger partial charge on any atom is -0.0873 e. The first-order valence-electron chi connectivity index (χ1n) is 3.92. The van der Waals surface area contributed by atoms with E-state index >= 15 is 0 Å². The summed E-state index contributed by atoms with van der Waals surface area (Å²) in [6.07, 6.45) is 5.73. The maximum Gasteiger partial charge on any atom is 0.00643 e. The Morgan fingerprint density at radius 1 is 1.50 bits per heavy atom. The first kappa shape index (κ1) is 7.59. The summed E-state index contributed by atoms with van der Waals surface area (Å²) in [7, 11) is 0. The summed E-state index contributed by atoms with van der Waals surface area (Å²) in [5.74, 6) is 0. The summed E-state index contributed by atoms with van der Waals surface area (Å²) in [6, 6.07) is 0. The van der Waals surface area contributed by atoms with Crippen LogP contribution in [0.3, 0.4) is 0 Å². The van der Waals surface area contributed by atoms with E-state index in [1.165, 1.54) is 5.57 Å². The fourth-order valence-electron chi connectivity index (χ4n) is 1.51. The van der Waals surface area contributed by atoms with Crippen molar-refractivity contribution in [1.82, 2.24) is 0 Å². The molecule has 0 spiro atoms. The Bertz CT molecular complexity index is 192. The Hall–Kier alpha value is -0.520. The van der Waals surface area contributed by atoms with Gasteiger partial charge in [0.25, 0.3) is 0 Å². The molecule has 0 aliphatic heterocycles. The number of allylic oxidation sites excluding steroid dienone is 4. The van der Waals surface area contributed by atoms with Gasteiger partial charge in [-0.15, -0.1) is 0 Å². The fraction of sp³-hybridized carbons (Fsp3) is 0.600. The van der Waals surface area contributed by atoms with Gasteiger partial charge in [0.15, 0.2) is 0 Å². The predicted octanol–water partition coefficient (Wildman–Crippen LogP) is 3.31. The van der Waals surface area contributed by atoms with Gasteiger partial charge in [-0.05, 0) is 20.3 Å². The van der Waals surface area contributed by atoms with Crippen molar-refractivity contribution in [3.63, 3.8) is 0 Å². The van der Waals surface area contributed by atoms with E-state index in [0.717, 1.165) is 6.42 Å². The second-order valence-electron chi connectivity index (χ2n) is 3.53. The summed E-state index contributed by atoms with van der Waals surface area (Å²) < 4.78 is 0. The summed E-state index contributed by atoms with van der Waals surface area (Å²) >= 11 is 0. The lowest BCUT2D eigenvalue weighted by Crippen LogP contribution is -2.10.